The summed E-state index contributed by atoms with van der Waals surface area (Å²) in [7, 11) is 1.98. The molecular weight excluding hydrogens is 242 g/mol. The molecule has 104 valence electrons. The van der Waals surface area contributed by atoms with Crippen molar-refractivity contribution < 1.29 is 9.53 Å². The van der Waals surface area contributed by atoms with Gasteiger partial charge in [-0.25, -0.2) is 0 Å². The summed E-state index contributed by atoms with van der Waals surface area (Å²) in [5.74, 6) is -0.0291. The number of carbonyl (C=O) groups excluding carboxylic acids is 1. The van der Waals surface area contributed by atoms with Crippen LogP contribution in [0.1, 0.15) is 36.9 Å². The molecule has 1 aromatic rings. The number of hydrogen-bond donors (Lipinski definition) is 0. The van der Waals surface area contributed by atoms with Crippen LogP contribution in [0, 0.1) is 6.92 Å². The number of ether oxygens (including phenoxy) is 1. The maximum Gasteiger partial charge on any atom is 0.306 e. The van der Waals surface area contributed by atoms with Gasteiger partial charge >= 0.3 is 5.97 Å². The topological polar surface area (TPSA) is 47.4 Å². The van der Waals surface area contributed by atoms with Crippen LogP contribution < -0.4 is 0 Å². The second kappa shape index (κ2) is 4.63. The van der Waals surface area contributed by atoms with E-state index < -0.39 is 0 Å². The van der Waals surface area contributed by atoms with E-state index >= 15 is 0 Å². The Bertz CT molecular complexity index is 477. The van der Waals surface area contributed by atoms with Crippen LogP contribution in [0.2, 0.25) is 0 Å². The van der Waals surface area contributed by atoms with E-state index in [-0.39, 0.29) is 11.6 Å². The fourth-order valence-electron chi connectivity index (χ4n) is 3.30. The molecule has 1 aromatic heterocycles. The fourth-order valence-corrected chi connectivity index (χ4v) is 3.30. The molecule has 0 N–H and O–H groups in total. The molecule has 19 heavy (non-hydrogen) atoms. The molecule has 0 saturated carbocycles. The lowest BCUT2D eigenvalue weighted by Crippen LogP contribution is -2.47. The van der Waals surface area contributed by atoms with Gasteiger partial charge in [0.25, 0.3) is 0 Å². The smallest absolute Gasteiger partial charge is 0.306 e. The average molecular weight is 263 g/mol. The van der Waals surface area contributed by atoms with Crippen molar-refractivity contribution in [3.8, 4) is 0 Å². The monoisotopic (exact) mass is 263 g/mol. The van der Waals surface area contributed by atoms with Gasteiger partial charge in [0.15, 0.2) is 0 Å². The Kier molecular flexibility index (Phi) is 3.09. The number of aromatic nitrogens is 2. The van der Waals surface area contributed by atoms with Gasteiger partial charge in [-0.1, -0.05) is 0 Å². The number of esters is 1. The highest BCUT2D eigenvalue weighted by atomic mass is 16.6. The van der Waals surface area contributed by atoms with Crippen LogP contribution in [0.5, 0.6) is 0 Å². The third-order valence-corrected chi connectivity index (χ3v) is 4.38. The molecule has 2 aliphatic heterocycles. The number of piperidine rings is 1. The minimum absolute atomic E-state index is 0.0291. The zero-order valence-electron chi connectivity index (χ0n) is 11.7. The molecular formula is C14H21N3O2. The fraction of sp³-hybridized carbons (Fsp3) is 0.714. The van der Waals surface area contributed by atoms with E-state index in [1.165, 1.54) is 11.3 Å². The summed E-state index contributed by atoms with van der Waals surface area (Å²) >= 11 is 0. The van der Waals surface area contributed by atoms with Gasteiger partial charge in [0.1, 0.15) is 5.60 Å². The van der Waals surface area contributed by atoms with E-state index in [2.05, 4.69) is 16.9 Å². The third-order valence-electron chi connectivity index (χ3n) is 4.38. The van der Waals surface area contributed by atoms with E-state index in [4.69, 9.17) is 4.74 Å². The minimum Gasteiger partial charge on any atom is -0.458 e. The van der Waals surface area contributed by atoms with Crippen LogP contribution in [0.15, 0.2) is 6.20 Å². The Morgan fingerprint density at radius 3 is 2.95 bits per heavy atom. The first-order valence-corrected chi connectivity index (χ1v) is 7.00. The number of nitrogens with zero attached hydrogens (tertiary/aromatic N) is 3. The Labute approximate surface area is 113 Å². The highest BCUT2D eigenvalue weighted by Crippen LogP contribution is 2.35. The van der Waals surface area contributed by atoms with Gasteiger partial charge in [0.2, 0.25) is 0 Å². The second-order valence-electron chi connectivity index (χ2n) is 5.87. The molecule has 0 bridgehead atoms. The van der Waals surface area contributed by atoms with E-state index in [9.17, 15) is 4.79 Å². The molecule has 1 spiro atoms. The van der Waals surface area contributed by atoms with Gasteiger partial charge in [-0.2, -0.15) is 5.10 Å². The molecule has 5 nitrogen and oxygen atoms in total. The third kappa shape index (κ3) is 2.39. The Hall–Kier alpha value is -1.36. The molecule has 0 unspecified atom stereocenters. The lowest BCUT2D eigenvalue weighted by atomic mass is 9.90. The first-order valence-electron chi connectivity index (χ1n) is 7.00. The molecule has 0 radical (unpaired) electrons. The number of likely N-dealkylation sites (tertiary alicyclic amines) is 1. The molecule has 1 atom stereocenters. The maximum absolute atomic E-state index is 11.4. The predicted molar refractivity (Wildman–Crippen MR) is 70.5 cm³/mol. The standard InChI is InChI=1S/C14H21N3O2/c1-11-8-15-16(2)12(11)9-17-7-3-5-14(10-17)6-4-13(18)19-14/h8H,3-7,9-10H2,1-2H3/t14-/m0/s1. The number of hydrogen-bond acceptors (Lipinski definition) is 4. The van der Waals surface area contributed by atoms with Crippen molar-refractivity contribution in [2.45, 2.75) is 44.8 Å². The van der Waals surface area contributed by atoms with E-state index in [0.717, 1.165) is 38.9 Å². The largest absolute Gasteiger partial charge is 0.458 e. The molecule has 0 aliphatic carbocycles. The van der Waals surface area contributed by atoms with Crippen LogP contribution in [0.25, 0.3) is 0 Å². The van der Waals surface area contributed by atoms with Gasteiger partial charge in [0, 0.05) is 26.6 Å². The highest BCUT2D eigenvalue weighted by Gasteiger charge is 2.43. The molecule has 2 fully saturated rings. The summed E-state index contributed by atoms with van der Waals surface area (Å²) in [6, 6.07) is 0. The summed E-state index contributed by atoms with van der Waals surface area (Å²) in [6.45, 7) is 4.92. The minimum atomic E-state index is -0.207. The summed E-state index contributed by atoms with van der Waals surface area (Å²) in [4.78, 5) is 13.8. The van der Waals surface area contributed by atoms with Crippen molar-refractivity contribution in [2.75, 3.05) is 13.1 Å². The summed E-state index contributed by atoms with van der Waals surface area (Å²) in [5, 5.41) is 4.29. The highest BCUT2D eigenvalue weighted by molar-refractivity contribution is 5.72. The lowest BCUT2D eigenvalue weighted by molar-refractivity contribution is -0.152. The van der Waals surface area contributed by atoms with Gasteiger partial charge in [0.05, 0.1) is 11.9 Å². The van der Waals surface area contributed by atoms with Crippen LogP contribution >= 0.6 is 0 Å². The Morgan fingerprint density at radius 1 is 1.47 bits per heavy atom. The zero-order valence-corrected chi connectivity index (χ0v) is 11.7. The lowest BCUT2D eigenvalue weighted by Gasteiger charge is -2.39. The average Bonchev–Trinajstić information content (AvgIpc) is 2.87. The van der Waals surface area contributed by atoms with E-state index in [1.54, 1.807) is 0 Å². The normalized spacial score (nSPS) is 28.0. The van der Waals surface area contributed by atoms with Crippen LogP contribution in [0.3, 0.4) is 0 Å². The molecule has 2 aliphatic rings. The maximum atomic E-state index is 11.4. The Balaban J connectivity index is 1.71. The zero-order chi connectivity index (χ0) is 13.5. The van der Waals surface area contributed by atoms with Crippen molar-refractivity contribution >= 4 is 5.97 Å². The molecule has 5 heteroatoms. The quantitative estimate of drug-likeness (QED) is 0.757. The van der Waals surface area contributed by atoms with Crippen molar-refractivity contribution in [2.24, 2.45) is 7.05 Å². The molecule has 3 rings (SSSR count). The summed E-state index contributed by atoms with van der Waals surface area (Å²) in [6.07, 6.45) is 5.49. The molecule has 0 amide bonds. The number of carbonyl (C=O) groups is 1. The van der Waals surface area contributed by atoms with E-state index in [1.807, 2.05) is 17.9 Å². The van der Waals surface area contributed by atoms with E-state index in [0.29, 0.717) is 6.42 Å². The van der Waals surface area contributed by atoms with Crippen LogP contribution in [-0.4, -0.2) is 39.3 Å². The summed E-state index contributed by atoms with van der Waals surface area (Å²) in [5.41, 5.74) is 2.27. The molecule has 0 aromatic carbocycles. The van der Waals surface area contributed by atoms with Gasteiger partial charge in [-0.3, -0.25) is 14.4 Å². The summed E-state index contributed by atoms with van der Waals surface area (Å²) < 4.78 is 7.54. The van der Waals surface area contributed by atoms with Crippen molar-refractivity contribution in [3.05, 3.63) is 17.5 Å². The van der Waals surface area contributed by atoms with Gasteiger partial charge in [-0.05, 0) is 38.3 Å². The van der Waals surface area contributed by atoms with Crippen LogP contribution in [0.4, 0.5) is 0 Å². The second-order valence-corrected chi connectivity index (χ2v) is 5.87. The van der Waals surface area contributed by atoms with Crippen molar-refractivity contribution in [3.63, 3.8) is 0 Å². The number of aryl methyl sites for hydroxylation is 2. The van der Waals surface area contributed by atoms with Crippen molar-refractivity contribution in [1.29, 1.82) is 0 Å². The molecule has 3 heterocycles. The Morgan fingerprint density at radius 2 is 2.32 bits per heavy atom. The van der Waals surface area contributed by atoms with Gasteiger partial charge < -0.3 is 4.74 Å². The van der Waals surface area contributed by atoms with Gasteiger partial charge in [-0.15, -0.1) is 0 Å². The first kappa shape index (κ1) is 12.7. The van der Waals surface area contributed by atoms with Crippen molar-refractivity contribution in [1.82, 2.24) is 14.7 Å². The van der Waals surface area contributed by atoms with Crippen LogP contribution in [-0.2, 0) is 23.1 Å². The number of rotatable bonds is 2. The molecule has 2 saturated heterocycles. The first-order chi connectivity index (χ1) is 9.08. The predicted octanol–water partition coefficient (Wildman–Crippen LogP) is 1.40. The SMILES string of the molecule is Cc1cnn(C)c1CN1CCC[C@]2(CCC(=O)O2)C1.